The zero-order chi connectivity index (χ0) is 23.5. The summed E-state index contributed by atoms with van der Waals surface area (Å²) in [5.41, 5.74) is 2.97. The highest BCUT2D eigenvalue weighted by atomic mass is 32.2. The summed E-state index contributed by atoms with van der Waals surface area (Å²) in [7, 11) is 1.96. The first-order chi connectivity index (χ1) is 15.4. The van der Waals surface area contributed by atoms with Gasteiger partial charge in [-0.25, -0.2) is 4.68 Å². The molecule has 8 heteroatoms. The van der Waals surface area contributed by atoms with Crippen molar-refractivity contribution >= 4 is 23.5 Å². The van der Waals surface area contributed by atoms with Crippen molar-refractivity contribution < 1.29 is 8.99 Å². The first-order valence-corrected chi connectivity index (χ1v) is 11.4. The van der Waals surface area contributed by atoms with Crippen LogP contribution in [0.4, 0.5) is 3.89 Å². The van der Waals surface area contributed by atoms with Gasteiger partial charge in [-0.3, -0.25) is 0 Å². The summed E-state index contributed by atoms with van der Waals surface area (Å²) >= 11 is 0.170. The van der Waals surface area contributed by atoms with E-state index in [1.165, 1.54) is 6.20 Å². The van der Waals surface area contributed by atoms with Crippen LogP contribution in [0.2, 0.25) is 0 Å². The highest BCUT2D eigenvalue weighted by Gasteiger charge is 2.12. The molecule has 0 saturated carbocycles. The molecule has 32 heavy (non-hydrogen) atoms. The highest BCUT2D eigenvalue weighted by molar-refractivity contribution is 7.94. The highest BCUT2D eigenvalue weighted by Crippen LogP contribution is 2.27. The summed E-state index contributed by atoms with van der Waals surface area (Å²) in [4.78, 5) is 0.458. The Morgan fingerprint density at radius 1 is 1.28 bits per heavy atom. The number of phenolic OH excluding ortho intramolecular Hbond substituents is 1. The number of para-hydroxylation sites is 1. The number of allylic oxidation sites excluding steroid dienone is 3. The summed E-state index contributed by atoms with van der Waals surface area (Å²) in [5, 5.41) is 24.4. The zero-order valence-electron chi connectivity index (χ0n) is 19.1. The topological polar surface area (TPSA) is 74.1 Å². The fraction of sp³-hybridized carbons (Fsp3) is 0.375. The summed E-state index contributed by atoms with van der Waals surface area (Å²) < 4.78 is 14.8. The predicted octanol–water partition coefficient (Wildman–Crippen LogP) is 4.86. The molecule has 0 aliphatic rings. The molecule has 1 unspecified atom stereocenters. The van der Waals surface area contributed by atoms with Gasteiger partial charge in [0.25, 0.3) is 0 Å². The summed E-state index contributed by atoms with van der Waals surface area (Å²) in [6.45, 7) is 13.6. The number of benzene rings is 1. The summed E-state index contributed by atoms with van der Waals surface area (Å²) in [6, 6.07) is 7.49. The number of nitrogens with zero attached hydrogens (tertiary/aromatic N) is 2. The SMILES string of the molecule is C=C(CCC(C)NC)NCCCN/C(=C/C(=C)c1ccccc1O)n1ncc(SF)c1C. The molecule has 0 amide bonds. The minimum absolute atomic E-state index is 0.153. The van der Waals surface area contributed by atoms with Crippen molar-refractivity contribution in [2.45, 2.75) is 44.0 Å². The molecule has 1 aromatic carbocycles. The van der Waals surface area contributed by atoms with E-state index in [2.05, 4.69) is 41.1 Å². The van der Waals surface area contributed by atoms with Crippen molar-refractivity contribution in [3.05, 3.63) is 66.7 Å². The van der Waals surface area contributed by atoms with Gasteiger partial charge in [-0.2, -0.15) is 8.98 Å². The standard InChI is InChI=1S/C24H34FN5OS/c1-17(21-9-6-7-10-22(21)31)15-24(30-20(4)23(32-25)16-29-30)28-14-8-13-27-19(3)12-11-18(2)26-5/h6-7,9-10,15-16,18,26-28,31H,1,3,8,11-14H2,2,4-5H3/b24-15-. The van der Waals surface area contributed by atoms with Crippen LogP contribution in [0, 0.1) is 6.92 Å². The Morgan fingerprint density at radius 3 is 2.66 bits per heavy atom. The minimum Gasteiger partial charge on any atom is -0.507 e. The molecule has 0 spiro atoms. The molecule has 0 bridgehead atoms. The molecule has 1 aromatic heterocycles. The molecule has 1 heterocycles. The van der Waals surface area contributed by atoms with Crippen molar-refractivity contribution in [1.29, 1.82) is 0 Å². The van der Waals surface area contributed by atoms with E-state index in [-0.39, 0.29) is 17.9 Å². The van der Waals surface area contributed by atoms with Crippen LogP contribution < -0.4 is 16.0 Å². The number of hydrogen-bond acceptors (Lipinski definition) is 6. The lowest BCUT2D eigenvalue weighted by atomic mass is 10.1. The maximum absolute atomic E-state index is 13.2. The van der Waals surface area contributed by atoms with E-state index in [1.807, 2.05) is 26.1 Å². The lowest BCUT2D eigenvalue weighted by Crippen LogP contribution is -2.25. The van der Waals surface area contributed by atoms with E-state index in [4.69, 9.17) is 0 Å². The van der Waals surface area contributed by atoms with Gasteiger partial charge in [0.15, 0.2) is 0 Å². The molecular formula is C24H34FN5OS. The van der Waals surface area contributed by atoms with Crippen LogP contribution in [0.15, 0.2) is 60.3 Å². The molecule has 2 aromatic rings. The molecular weight excluding hydrogens is 425 g/mol. The van der Waals surface area contributed by atoms with E-state index in [0.29, 0.717) is 40.1 Å². The third-order valence-corrected chi connectivity index (χ3v) is 5.81. The minimum atomic E-state index is 0.153. The second kappa shape index (κ2) is 13.0. The second-order valence-corrected chi connectivity index (χ2v) is 8.29. The van der Waals surface area contributed by atoms with Crippen molar-refractivity contribution in [3.8, 4) is 5.75 Å². The lowest BCUT2D eigenvalue weighted by Gasteiger charge is -2.16. The predicted molar refractivity (Wildman–Crippen MR) is 133 cm³/mol. The largest absolute Gasteiger partial charge is 0.507 e. The third-order valence-electron chi connectivity index (χ3n) is 5.24. The van der Waals surface area contributed by atoms with Gasteiger partial charge < -0.3 is 21.1 Å². The van der Waals surface area contributed by atoms with Crippen LogP contribution in [0.3, 0.4) is 0 Å². The molecule has 2 rings (SSSR count). The first kappa shape index (κ1) is 25.5. The van der Waals surface area contributed by atoms with Gasteiger partial charge in [0.2, 0.25) is 0 Å². The van der Waals surface area contributed by atoms with Gasteiger partial charge >= 0.3 is 0 Å². The number of aromatic hydroxyl groups is 1. The number of aromatic nitrogens is 2. The molecule has 0 fully saturated rings. The van der Waals surface area contributed by atoms with E-state index < -0.39 is 0 Å². The molecule has 0 saturated heterocycles. The Bertz CT molecular complexity index is 940. The average molecular weight is 460 g/mol. The zero-order valence-corrected chi connectivity index (χ0v) is 19.9. The van der Waals surface area contributed by atoms with Crippen LogP contribution in [-0.2, 0) is 0 Å². The van der Waals surface area contributed by atoms with Crippen molar-refractivity contribution in [2.24, 2.45) is 0 Å². The Morgan fingerprint density at radius 2 is 2.00 bits per heavy atom. The van der Waals surface area contributed by atoms with Gasteiger partial charge in [-0.1, -0.05) is 31.4 Å². The smallest absolute Gasteiger partial charge is 0.128 e. The number of nitrogens with one attached hydrogen (secondary N) is 3. The summed E-state index contributed by atoms with van der Waals surface area (Å²) in [6.07, 6.45) is 6.13. The van der Waals surface area contributed by atoms with Crippen molar-refractivity contribution in [1.82, 2.24) is 25.7 Å². The molecule has 0 aliphatic carbocycles. The van der Waals surface area contributed by atoms with Crippen LogP contribution in [0.25, 0.3) is 11.4 Å². The Balaban J connectivity index is 2.02. The Labute approximate surface area is 195 Å². The van der Waals surface area contributed by atoms with Crippen LogP contribution in [0.1, 0.15) is 37.4 Å². The van der Waals surface area contributed by atoms with Gasteiger partial charge in [0.05, 0.1) is 28.9 Å². The summed E-state index contributed by atoms with van der Waals surface area (Å²) in [5.74, 6) is 0.818. The first-order valence-electron chi connectivity index (χ1n) is 10.7. The Kier molecular flexibility index (Phi) is 10.4. The van der Waals surface area contributed by atoms with E-state index in [1.54, 1.807) is 22.9 Å². The average Bonchev–Trinajstić information content (AvgIpc) is 3.16. The maximum Gasteiger partial charge on any atom is 0.128 e. The van der Waals surface area contributed by atoms with E-state index >= 15 is 0 Å². The van der Waals surface area contributed by atoms with E-state index in [0.717, 1.165) is 31.5 Å². The molecule has 1 atom stereocenters. The van der Waals surface area contributed by atoms with Crippen molar-refractivity contribution in [2.75, 3.05) is 20.1 Å². The number of halogens is 1. The quantitative estimate of drug-likeness (QED) is 0.239. The van der Waals surface area contributed by atoms with E-state index in [9.17, 15) is 8.99 Å². The fourth-order valence-electron chi connectivity index (χ4n) is 3.08. The van der Waals surface area contributed by atoms with Crippen LogP contribution in [-0.4, -0.2) is 41.1 Å². The van der Waals surface area contributed by atoms with Gasteiger partial charge in [-0.15, -0.1) is 0 Å². The number of phenols is 1. The molecule has 6 nitrogen and oxygen atoms in total. The Hall–Kier alpha value is -2.71. The van der Waals surface area contributed by atoms with Gasteiger partial charge in [0.1, 0.15) is 11.6 Å². The van der Waals surface area contributed by atoms with Crippen LogP contribution in [0.5, 0.6) is 5.75 Å². The molecule has 4 N–H and O–H groups in total. The molecule has 174 valence electrons. The fourth-order valence-corrected chi connectivity index (χ4v) is 3.37. The van der Waals surface area contributed by atoms with Crippen molar-refractivity contribution in [3.63, 3.8) is 0 Å². The van der Waals surface area contributed by atoms with Crippen LogP contribution >= 0.6 is 12.1 Å². The normalized spacial score (nSPS) is 12.4. The van der Waals surface area contributed by atoms with Gasteiger partial charge in [-0.05, 0) is 57.9 Å². The third kappa shape index (κ3) is 7.46. The second-order valence-electron chi connectivity index (χ2n) is 7.69. The number of hydrogen-bond donors (Lipinski definition) is 4. The molecule has 0 radical (unpaired) electrons. The molecule has 0 aliphatic heterocycles. The monoisotopic (exact) mass is 459 g/mol. The van der Waals surface area contributed by atoms with Gasteiger partial charge in [0, 0.05) is 30.4 Å². The lowest BCUT2D eigenvalue weighted by molar-refractivity contribution is 0.474. The number of rotatable bonds is 14. The maximum atomic E-state index is 13.2.